The van der Waals surface area contributed by atoms with Gasteiger partial charge in [0.15, 0.2) is 11.6 Å². The Labute approximate surface area is 120 Å². The van der Waals surface area contributed by atoms with Crippen molar-refractivity contribution in [2.45, 2.75) is 12.3 Å². The van der Waals surface area contributed by atoms with Crippen LogP contribution in [-0.4, -0.2) is 43.6 Å². The van der Waals surface area contributed by atoms with E-state index < -0.39 is 0 Å². The number of ether oxygens (including phenoxy) is 1. The average Bonchev–Trinajstić information content (AvgIpc) is 3.26. The van der Waals surface area contributed by atoms with Crippen LogP contribution in [0.5, 0.6) is 0 Å². The number of nitrogens with one attached hydrogen (secondary N) is 2. The van der Waals surface area contributed by atoms with Crippen molar-refractivity contribution in [3.05, 3.63) is 36.4 Å². The van der Waals surface area contributed by atoms with E-state index in [0.717, 1.165) is 35.8 Å². The summed E-state index contributed by atoms with van der Waals surface area (Å²) in [5.74, 6) is 2.64. The lowest BCUT2D eigenvalue weighted by atomic mass is 10.1. The summed E-state index contributed by atoms with van der Waals surface area (Å²) in [6.45, 7) is 1.51. The van der Waals surface area contributed by atoms with Gasteiger partial charge in [0.1, 0.15) is 12.2 Å². The van der Waals surface area contributed by atoms with Gasteiger partial charge in [0, 0.05) is 23.7 Å². The minimum atomic E-state index is 0.323. The maximum absolute atomic E-state index is 5.39. The minimum Gasteiger partial charge on any atom is -0.381 e. The maximum Gasteiger partial charge on any atom is 0.181 e. The highest BCUT2D eigenvalue weighted by Gasteiger charge is 2.21. The maximum atomic E-state index is 5.39. The van der Waals surface area contributed by atoms with Gasteiger partial charge in [-0.3, -0.25) is 10.2 Å². The standard InChI is InChI=1S/C14H14N6O/c1-2-9(12-15-8-16-18-12)6-10(3-1)13-17-14(20-19-13)11-4-5-21-7-11/h1-3,6,8,11H,4-5,7H2,(H,15,16,18)(H,17,19,20)/t11-/m1/s1. The van der Waals surface area contributed by atoms with Crippen molar-refractivity contribution in [2.24, 2.45) is 0 Å². The van der Waals surface area contributed by atoms with Gasteiger partial charge in [-0.05, 0) is 12.5 Å². The van der Waals surface area contributed by atoms with Crippen LogP contribution in [0.1, 0.15) is 18.2 Å². The third-order valence-electron chi connectivity index (χ3n) is 3.63. The zero-order valence-corrected chi connectivity index (χ0v) is 11.3. The molecule has 0 bridgehead atoms. The van der Waals surface area contributed by atoms with Gasteiger partial charge in [-0.15, -0.1) is 0 Å². The smallest absolute Gasteiger partial charge is 0.181 e. The van der Waals surface area contributed by atoms with Gasteiger partial charge in [0.05, 0.1) is 6.61 Å². The van der Waals surface area contributed by atoms with E-state index in [9.17, 15) is 0 Å². The zero-order valence-electron chi connectivity index (χ0n) is 11.3. The van der Waals surface area contributed by atoms with E-state index in [2.05, 4.69) is 30.4 Å². The van der Waals surface area contributed by atoms with Gasteiger partial charge in [-0.25, -0.2) is 9.97 Å². The number of rotatable bonds is 3. The van der Waals surface area contributed by atoms with Crippen LogP contribution >= 0.6 is 0 Å². The summed E-state index contributed by atoms with van der Waals surface area (Å²) in [6.07, 6.45) is 2.49. The quantitative estimate of drug-likeness (QED) is 0.763. The highest BCUT2D eigenvalue weighted by molar-refractivity contribution is 5.65. The van der Waals surface area contributed by atoms with Gasteiger partial charge >= 0.3 is 0 Å². The summed E-state index contributed by atoms with van der Waals surface area (Å²) in [6, 6.07) is 7.92. The van der Waals surface area contributed by atoms with Gasteiger partial charge in [-0.1, -0.05) is 18.2 Å². The first-order valence-corrected chi connectivity index (χ1v) is 6.86. The molecule has 3 heterocycles. The number of aromatic amines is 2. The van der Waals surface area contributed by atoms with Crippen LogP contribution < -0.4 is 0 Å². The van der Waals surface area contributed by atoms with E-state index in [4.69, 9.17) is 4.74 Å². The lowest BCUT2D eigenvalue weighted by molar-refractivity contribution is 0.193. The number of hydrogen-bond acceptors (Lipinski definition) is 5. The van der Waals surface area contributed by atoms with Gasteiger partial charge < -0.3 is 4.74 Å². The first-order valence-electron chi connectivity index (χ1n) is 6.86. The van der Waals surface area contributed by atoms with Crippen molar-refractivity contribution in [1.82, 2.24) is 30.4 Å². The summed E-state index contributed by atoms with van der Waals surface area (Å²) in [5.41, 5.74) is 1.91. The molecule has 0 saturated carbocycles. The summed E-state index contributed by atoms with van der Waals surface area (Å²) >= 11 is 0. The van der Waals surface area contributed by atoms with E-state index >= 15 is 0 Å². The van der Waals surface area contributed by atoms with Crippen molar-refractivity contribution in [2.75, 3.05) is 13.2 Å². The highest BCUT2D eigenvalue weighted by atomic mass is 16.5. The van der Waals surface area contributed by atoms with Crippen molar-refractivity contribution >= 4 is 0 Å². The summed E-state index contributed by atoms with van der Waals surface area (Å²) in [5, 5.41) is 14.1. The molecule has 1 aromatic carbocycles. The molecule has 1 atom stereocenters. The number of aromatic nitrogens is 6. The van der Waals surface area contributed by atoms with Crippen molar-refractivity contribution < 1.29 is 4.74 Å². The Morgan fingerprint density at radius 3 is 2.95 bits per heavy atom. The first-order chi connectivity index (χ1) is 10.4. The third-order valence-corrected chi connectivity index (χ3v) is 3.63. The van der Waals surface area contributed by atoms with Crippen LogP contribution in [0, 0.1) is 0 Å². The highest BCUT2D eigenvalue weighted by Crippen LogP contribution is 2.25. The molecular weight excluding hydrogens is 268 g/mol. The number of H-pyrrole nitrogens is 2. The van der Waals surface area contributed by atoms with Crippen LogP contribution in [0.2, 0.25) is 0 Å². The van der Waals surface area contributed by atoms with Crippen LogP contribution in [0.4, 0.5) is 0 Å². The second kappa shape index (κ2) is 5.10. The molecule has 1 saturated heterocycles. The van der Waals surface area contributed by atoms with Gasteiger partial charge in [0.2, 0.25) is 0 Å². The Morgan fingerprint density at radius 1 is 1.19 bits per heavy atom. The molecule has 2 aromatic heterocycles. The monoisotopic (exact) mass is 282 g/mol. The Kier molecular flexibility index (Phi) is 2.97. The molecule has 0 radical (unpaired) electrons. The SMILES string of the molecule is c1cc(-c2n[nH]c([C@@H]3CCOC3)n2)cc(-c2ncn[nH]2)c1. The largest absolute Gasteiger partial charge is 0.381 e. The molecule has 4 rings (SSSR count). The number of benzene rings is 1. The second-order valence-electron chi connectivity index (χ2n) is 5.02. The predicted molar refractivity (Wildman–Crippen MR) is 75.4 cm³/mol. The van der Waals surface area contributed by atoms with E-state index in [1.165, 1.54) is 6.33 Å². The molecule has 2 N–H and O–H groups in total. The molecule has 7 nitrogen and oxygen atoms in total. The lowest BCUT2D eigenvalue weighted by Crippen LogP contribution is -1.99. The van der Waals surface area contributed by atoms with Gasteiger partial charge in [-0.2, -0.15) is 10.2 Å². The lowest BCUT2D eigenvalue weighted by Gasteiger charge is -2.01. The van der Waals surface area contributed by atoms with Crippen LogP contribution in [0.15, 0.2) is 30.6 Å². The summed E-state index contributed by atoms with van der Waals surface area (Å²) in [4.78, 5) is 8.75. The Balaban J connectivity index is 1.65. The molecule has 1 aliphatic rings. The van der Waals surface area contributed by atoms with E-state index in [-0.39, 0.29) is 0 Å². The fourth-order valence-corrected chi connectivity index (χ4v) is 2.49. The molecule has 3 aromatic rings. The van der Waals surface area contributed by atoms with Crippen LogP contribution in [0.25, 0.3) is 22.8 Å². The van der Waals surface area contributed by atoms with E-state index in [1.54, 1.807) is 0 Å². The predicted octanol–water partition coefficient (Wildman–Crippen LogP) is 1.76. The van der Waals surface area contributed by atoms with E-state index in [0.29, 0.717) is 18.3 Å². The zero-order chi connectivity index (χ0) is 14.1. The molecule has 0 spiro atoms. The van der Waals surface area contributed by atoms with Crippen molar-refractivity contribution in [1.29, 1.82) is 0 Å². The average molecular weight is 282 g/mol. The second-order valence-corrected chi connectivity index (χ2v) is 5.02. The van der Waals surface area contributed by atoms with Crippen LogP contribution in [-0.2, 0) is 4.74 Å². The topological polar surface area (TPSA) is 92.4 Å². The molecule has 1 aliphatic heterocycles. The molecule has 106 valence electrons. The Morgan fingerprint density at radius 2 is 2.14 bits per heavy atom. The first kappa shape index (κ1) is 12.2. The summed E-state index contributed by atoms with van der Waals surface area (Å²) < 4.78 is 5.39. The third kappa shape index (κ3) is 2.31. The molecule has 7 heteroatoms. The molecule has 0 aliphatic carbocycles. The summed E-state index contributed by atoms with van der Waals surface area (Å²) in [7, 11) is 0. The molecule has 1 fully saturated rings. The fraction of sp³-hybridized carbons (Fsp3) is 0.286. The number of hydrogen-bond donors (Lipinski definition) is 2. The normalized spacial score (nSPS) is 18.2. The molecular formula is C14H14N6O. The molecule has 0 unspecified atom stereocenters. The van der Waals surface area contributed by atoms with E-state index in [1.807, 2.05) is 24.3 Å². The molecule has 21 heavy (non-hydrogen) atoms. The molecule has 0 amide bonds. The minimum absolute atomic E-state index is 0.323. The van der Waals surface area contributed by atoms with Crippen LogP contribution in [0.3, 0.4) is 0 Å². The Hall–Kier alpha value is -2.54. The van der Waals surface area contributed by atoms with Gasteiger partial charge in [0.25, 0.3) is 0 Å². The Bertz CT molecular complexity index is 730. The number of nitrogens with zero attached hydrogens (tertiary/aromatic N) is 4. The van der Waals surface area contributed by atoms with Crippen molar-refractivity contribution in [3.63, 3.8) is 0 Å². The fourth-order valence-electron chi connectivity index (χ4n) is 2.49. The van der Waals surface area contributed by atoms with Crippen molar-refractivity contribution in [3.8, 4) is 22.8 Å².